The van der Waals surface area contributed by atoms with E-state index in [0.29, 0.717) is 16.7 Å². The van der Waals surface area contributed by atoms with E-state index in [9.17, 15) is 14.4 Å². The van der Waals surface area contributed by atoms with Crippen LogP contribution >= 0.6 is 0 Å². The molecule has 1 N–H and O–H groups in total. The SMILES string of the molecule is Cc1nc2cc3ccccc3cc2c(=O)n1[C@@]1(C)CCC(=O)NC1=O. The van der Waals surface area contributed by atoms with Crippen LogP contribution in [0.2, 0.25) is 0 Å². The van der Waals surface area contributed by atoms with Crippen molar-refractivity contribution in [2.75, 3.05) is 0 Å². The highest BCUT2D eigenvalue weighted by atomic mass is 16.2. The van der Waals surface area contributed by atoms with E-state index in [0.717, 1.165) is 10.8 Å². The van der Waals surface area contributed by atoms with Crippen molar-refractivity contribution in [1.29, 1.82) is 0 Å². The van der Waals surface area contributed by atoms with Crippen molar-refractivity contribution in [3.8, 4) is 0 Å². The number of piperidine rings is 1. The molecule has 126 valence electrons. The molecule has 1 atom stereocenters. The largest absolute Gasteiger partial charge is 0.294 e. The van der Waals surface area contributed by atoms with Gasteiger partial charge in [0.2, 0.25) is 5.91 Å². The summed E-state index contributed by atoms with van der Waals surface area (Å²) < 4.78 is 1.42. The molecule has 1 fully saturated rings. The highest BCUT2D eigenvalue weighted by Gasteiger charge is 2.42. The molecule has 0 spiro atoms. The summed E-state index contributed by atoms with van der Waals surface area (Å²) in [6.07, 6.45) is 0.475. The maximum atomic E-state index is 13.2. The van der Waals surface area contributed by atoms with E-state index in [1.54, 1.807) is 13.8 Å². The van der Waals surface area contributed by atoms with Crippen LogP contribution in [-0.2, 0) is 15.1 Å². The van der Waals surface area contributed by atoms with Crippen LogP contribution in [0.4, 0.5) is 0 Å². The van der Waals surface area contributed by atoms with Crippen LogP contribution in [0.3, 0.4) is 0 Å². The molecule has 1 aliphatic heterocycles. The number of benzene rings is 2. The molecule has 0 unspecified atom stereocenters. The van der Waals surface area contributed by atoms with Crippen molar-refractivity contribution in [1.82, 2.24) is 14.9 Å². The van der Waals surface area contributed by atoms with Gasteiger partial charge >= 0.3 is 0 Å². The molecule has 1 aromatic heterocycles. The first-order chi connectivity index (χ1) is 11.9. The van der Waals surface area contributed by atoms with Crippen molar-refractivity contribution < 1.29 is 9.59 Å². The predicted molar refractivity (Wildman–Crippen MR) is 94.3 cm³/mol. The molecular formula is C19H17N3O3. The van der Waals surface area contributed by atoms with Crippen LogP contribution < -0.4 is 10.9 Å². The summed E-state index contributed by atoms with van der Waals surface area (Å²) in [5, 5.41) is 4.75. The van der Waals surface area contributed by atoms with Crippen molar-refractivity contribution in [2.24, 2.45) is 0 Å². The third kappa shape index (κ3) is 2.25. The number of aryl methyl sites for hydroxylation is 1. The zero-order chi connectivity index (χ0) is 17.8. The Morgan fingerprint density at radius 3 is 2.48 bits per heavy atom. The van der Waals surface area contributed by atoms with Gasteiger partial charge in [-0.25, -0.2) is 4.98 Å². The molecule has 2 amide bonds. The molecule has 6 heteroatoms. The Kier molecular flexibility index (Phi) is 3.25. The van der Waals surface area contributed by atoms with E-state index in [1.165, 1.54) is 4.57 Å². The minimum Gasteiger partial charge on any atom is -0.294 e. The van der Waals surface area contributed by atoms with Crippen molar-refractivity contribution >= 4 is 33.5 Å². The van der Waals surface area contributed by atoms with Crippen LogP contribution in [0.5, 0.6) is 0 Å². The molecule has 4 rings (SSSR count). The molecule has 0 bridgehead atoms. The fraction of sp³-hybridized carbons (Fsp3) is 0.263. The summed E-state index contributed by atoms with van der Waals surface area (Å²) in [6, 6.07) is 11.5. The monoisotopic (exact) mass is 335 g/mol. The van der Waals surface area contributed by atoms with Crippen molar-refractivity contribution in [3.05, 3.63) is 52.6 Å². The highest BCUT2D eigenvalue weighted by Crippen LogP contribution is 2.27. The number of rotatable bonds is 1. The molecule has 3 aromatic rings. The molecule has 6 nitrogen and oxygen atoms in total. The van der Waals surface area contributed by atoms with Gasteiger partial charge in [0.1, 0.15) is 11.4 Å². The van der Waals surface area contributed by atoms with Crippen LogP contribution in [0, 0.1) is 6.92 Å². The van der Waals surface area contributed by atoms with Gasteiger partial charge in [0.25, 0.3) is 11.5 Å². The molecule has 2 heterocycles. The maximum absolute atomic E-state index is 13.2. The van der Waals surface area contributed by atoms with Gasteiger partial charge in [0.15, 0.2) is 0 Å². The molecule has 1 aliphatic rings. The lowest BCUT2D eigenvalue weighted by Crippen LogP contribution is -2.56. The number of nitrogens with zero attached hydrogens (tertiary/aromatic N) is 2. The predicted octanol–water partition coefficient (Wildman–Crippen LogP) is 2.01. The Morgan fingerprint density at radius 2 is 1.80 bits per heavy atom. The number of carbonyl (C=O) groups is 2. The van der Waals surface area contributed by atoms with Crippen LogP contribution in [0.1, 0.15) is 25.6 Å². The molecule has 0 radical (unpaired) electrons. The van der Waals surface area contributed by atoms with E-state index < -0.39 is 11.4 Å². The molecule has 2 aromatic carbocycles. The first kappa shape index (κ1) is 15.5. The van der Waals surface area contributed by atoms with Gasteiger partial charge in [0, 0.05) is 6.42 Å². The van der Waals surface area contributed by atoms with E-state index in [1.807, 2.05) is 36.4 Å². The van der Waals surface area contributed by atoms with E-state index in [4.69, 9.17) is 0 Å². The zero-order valence-electron chi connectivity index (χ0n) is 14.0. The summed E-state index contributed by atoms with van der Waals surface area (Å²) in [6.45, 7) is 3.39. The number of fused-ring (bicyclic) bond motifs is 2. The van der Waals surface area contributed by atoms with Gasteiger partial charge in [0.05, 0.1) is 10.9 Å². The smallest absolute Gasteiger partial charge is 0.262 e. The Bertz CT molecular complexity index is 1120. The first-order valence-electron chi connectivity index (χ1n) is 8.17. The second-order valence-electron chi connectivity index (χ2n) is 6.67. The summed E-state index contributed by atoms with van der Waals surface area (Å²) in [4.78, 5) is 41.7. The Labute approximate surface area is 143 Å². The minimum atomic E-state index is -1.12. The van der Waals surface area contributed by atoms with Gasteiger partial charge in [-0.2, -0.15) is 0 Å². The van der Waals surface area contributed by atoms with Gasteiger partial charge in [-0.3, -0.25) is 24.3 Å². The van der Waals surface area contributed by atoms with E-state index in [-0.39, 0.29) is 24.3 Å². The average Bonchev–Trinajstić information content (AvgIpc) is 2.57. The van der Waals surface area contributed by atoms with Gasteiger partial charge < -0.3 is 0 Å². The van der Waals surface area contributed by atoms with E-state index >= 15 is 0 Å². The molecule has 1 saturated heterocycles. The minimum absolute atomic E-state index is 0.198. The third-order valence-electron chi connectivity index (χ3n) is 4.98. The van der Waals surface area contributed by atoms with Gasteiger partial charge in [-0.05, 0) is 43.2 Å². The topological polar surface area (TPSA) is 81.1 Å². The van der Waals surface area contributed by atoms with Crippen LogP contribution in [-0.4, -0.2) is 21.4 Å². The number of hydrogen-bond donors (Lipinski definition) is 1. The van der Waals surface area contributed by atoms with Crippen molar-refractivity contribution in [2.45, 2.75) is 32.2 Å². The second kappa shape index (κ2) is 5.24. The summed E-state index contributed by atoms with van der Waals surface area (Å²) in [5.74, 6) is -0.316. The normalized spacial score (nSPS) is 20.9. The van der Waals surface area contributed by atoms with Crippen molar-refractivity contribution in [3.63, 3.8) is 0 Å². The standard InChI is InChI=1S/C19H17N3O3/c1-11-20-15-10-13-6-4-3-5-12(13)9-14(15)17(24)22(11)19(2)8-7-16(23)21-18(19)25/h3-6,9-10H,7-8H2,1-2H3,(H,21,23,25)/t19-/m0/s1. The number of carbonyl (C=O) groups excluding carboxylic acids is 2. The average molecular weight is 335 g/mol. The van der Waals surface area contributed by atoms with E-state index in [2.05, 4.69) is 10.3 Å². The summed E-state index contributed by atoms with van der Waals surface area (Å²) in [5.41, 5.74) is -0.782. The van der Waals surface area contributed by atoms with Crippen LogP contribution in [0.25, 0.3) is 21.7 Å². The lowest BCUT2D eigenvalue weighted by molar-refractivity contribution is -0.140. The number of aromatic nitrogens is 2. The first-order valence-corrected chi connectivity index (χ1v) is 8.17. The maximum Gasteiger partial charge on any atom is 0.262 e. The molecule has 0 aliphatic carbocycles. The number of imide groups is 1. The van der Waals surface area contributed by atoms with Gasteiger partial charge in [-0.15, -0.1) is 0 Å². The fourth-order valence-electron chi connectivity index (χ4n) is 3.57. The highest BCUT2D eigenvalue weighted by molar-refractivity contribution is 6.02. The van der Waals surface area contributed by atoms with Crippen LogP contribution in [0.15, 0.2) is 41.2 Å². The quantitative estimate of drug-likeness (QED) is 0.545. The zero-order valence-corrected chi connectivity index (χ0v) is 14.0. The number of nitrogens with one attached hydrogen (secondary N) is 1. The number of amides is 2. The Morgan fingerprint density at radius 1 is 1.12 bits per heavy atom. The molecule has 25 heavy (non-hydrogen) atoms. The second-order valence-corrected chi connectivity index (χ2v) is 6.67. The lowest BCUT2D eigenvalue weighted by Gasteiger charge is -2.34. The molecule has 0 saturated carbocycles. The van der Waals surface area contributed by atoms with Gasteiger partial charge in [-0.1, -0.05) is 24.3 Å². The number of hydrogen-bond acceptors (Lipinski definition) is 4. The third-order valence-corrected chi connectivity index (χ3v) is 4.98. The Hall–Kier alpha value is -3.02. The summed E-state index contributed by atoms with van der Waals surface area (Å²) in [7, 11) is 0. The summed E-state index contributed by atoms with van der Waals surface area (Å²) >= 11 is 0. The molecular weight excluding hydrogens is 318 g/mol. The lowest BCUT2D eigenvalue weighted by atomic mass is 9.90. The Balaban J connectivity index is 2.02. The fourth-order valence-corrected chi connectivity index (χ4v) is 3.57.